The standard InChI is InChI=1S/C24H14O3/c25-22-11-12-24(27-22)19-13-16-6-1-2-7-17(16)14-21(19)26-20-10-9-15-5-3-4-8-18(15)23(20)24/h1-14H. The van der Waals surface area contributed by atoms with E-state index in [4.69, 9.17) is 9.47 Å². The smallest absolute Gasteiger partial charge is 0.332 e. The molecule has 4 aromatic carbocycles. The fraction of sp³-hybridized carbons (Fsp3) is 0.0417. The van der Waals surface area contributed by atoms with Crippen LogP contribution < -0.4 is 4.74 Å². The van der Waals surface area contributed by atoms with Crippen LogP contribution in [0.25, 0.3) is 21.5 Å². The average Bonchev–Trinajstić information content (AvgIpc) is 3.08. The Labute approximate surface area is 155 Å². The highest BCUT2D eigenvalue weighted by atomic mass is 16.6. The predicted octanol–water partition coefficient (Wildman–Crippen LogP) is 5.46. The van der Waals surface area contributed by atoms with Crippen LogP contribution in [-0.2, 0) is 15.1 Å². The van der Waals surface area contributed by atoms with Crippen molar-refractivity contribution >= 4 is 27.5 Å². The minimum atomic E-state index is -0.967. The van der Waals surface area contributed by atoms with Crippen molar-refractivity contribution in [1.29, 1.82) is 0 Å². The lowest BCUT2D eigenvalue weighted by molar-refractivity contribution is -0.143. The molecule has 2 heterocycles. The number of rotatable bonds is 0. The summed E-state index contributed by atoms with van der Waals surface area (Å²) < 4.78 is 12.3. The van der Waals surface area contributed by atoms with Crippen LogP contribution in [-0.4, -0.2) is 5.97 Å². The van der Waals surface area contributed by atoms with E-state index in [1.807, 2.05) is 54.6 Å². The lowest BCUT2D eigenvalue weighted by atomic mass is 9.80. The summed E-state index contributed by atoms with van der Waals surface area (Å²) in [5, 5.41) is 4.27. The van der Waals surface area contributed by atoms with Gasteiger partial charge < -0.3 is 9.47 Å². The molecule has 0 radical (unpaired) electrons. The Kier molecular flexibility index (Phi) is 2.69. The van der Waals surface area contributed by atoms with E-state index in [0.717, 1.165) is 44.2 Å². The first-order valence-corrected chi connectivity index (χ1v) is 8.90. The number of hydrogen-bond donors (Lipinski definition) is 0. The number of carbonyl (C=O) groups excluding carboxylic acids is 1. The van der Waals surface area contributed by atoms with E-state index in [-0.39, 0.29) is 5.97 Å². The molecule has 6 rings (SSSR count). The summed E-state index contributed by atoms with van der Waals surface area (Å²) in [7, 11) is 0. The Balaban J connectivity index is 1.75. The number of ether oxygens (including phenoxy) is 2. The maximum atomic E-state index is 12.2. The van der Waals surface area contributed by atoms with Crippen molar-refractivity contribution in [1.82, 2.24) is 0 Å². The van der Waals surface area contributed by atoms with Gasteiger partial charge in [0.05, 0.1) is 5.56 Å². The Morgan fingerprint density at radius 3 is 2.26 bits per heavy atom. The molecule has 128 valence electrons. The number of carbonyl (C=O) groups is 1. The van der Waals surface area contributed by atoms with Crippen LogP contribution in [0, 0.1) is 0 Å². The van der Waals surface area contributed by atoms with Crippen molar-refractivity contribution in [3.63, 3.8) is 0 Å². The maximum Gasteiger partial charge on any atom is 0.332 e. The van der Waals surface area contributed by atoms with E-state index >= 15 is 0 Å². The molecule has 1 unspecified atom stereocenters. The number of benzene rings is 4. The monoisotopic (exact) mass is 350 g/mol. The zero-order valence-corrected chi connectivity index (χ0v) is 14.3. The third-order valence-corrected chi connectivity index (χ3v) is 5.45. The molecular weight excluding hydrogens is 336 g/mol. The summed E-state index contributed by atoms with van der Waals surface area (Å²) in [4.78, 5) is 12.2. The second-order valence-electron chi connectivity index (χ2n) is 6.95. The van der Waals surface area contributed by atoms with Gasteiger partial charge in [0.1, 0.15) is 11.5 Å². The van der Waals surface area contributed by atoms with Gasteiger partial charge in [0, 0.05) is 11.6 Å². The van der Waals surface area contributed by atoms with Gasteiger partial charge in [-0.1, -0.05) is 54.6 Å². The van der Waals surface area contributed by atoms with Crippen molar-refractivity contribution in [2.24, 2.45) is 0 Å². The molecule has 27 heavy (non-hydrogen) atoms. The van der Waals surface area contributed by atoms with E-state index in [0.29, 0.717) is 0 Å². The largest absolute Gasteiger partial charge is 0.456 e. The molecule has 0 saturated carbocycles. The third kappa shape index (κ3) is 1.88. The van der Waals surface area contributed by atoms with Gasteiger partial charge in [0.15, 0.2) is 5.60 Å². The molecule has 2 aliphatic rings. The third-order valence-electron chi connectivity index (χ3n) is 5.45. The van der Waals surface area contributed by atoms with Gasteiger partial charge in [0.25, 0.3) is 0 Å². The van der Waals surface area contributed by atoms with Crippen LogP contribution >= 0.6 is 0 Å². The SMILES string of the molecule is O=C1C=CC2(O1)c1cc3ccccc3cc1Oc1ccc3ccccc3c12. The molecule has 3 nitrogen and oxygen atoms in total. The van der Waals surface area contributed by atoms with Gasteiger partial charge in [-0.15, -0.1) is 0 Å². The lowest BCUT2D eigenvalue weighted by Crippen LogP contribution is -2.31. The van der Waals surface area contributed by atoms with Gasteiger partial charge in [-0.2, -0.15) is 0 Å². The van der Waals surface area contributed by atoms with Gasteiger partial charge in [-0.25, -0.2) is 4.79 Å². The fourth-order valence-electron chi connectivity index (χ4n) is 4.26. The van der Waals surface area contributed by atoms with Crippen LogP contribution in [0.2, 0.25) is 0 Å². The van der Waals surface area contributed by atoms with Crippen LogP contribution in [0.1, 0.15) is 11.1 Å². The summed E-state index contributed by atoms with van der Waals surface area (Å²) >= 11 is 0. The van der Waals surface area contributed by atoms with E-state index in [1.165, 1.54) is 6.08 Å². The van der Waals surface area contributed by atoms with E-state index < -0.39 is 5.60 Å². The van der Waals surface area contributed by atoms with Crippen molar-refractivity contribution in [2.75, 3.05) is 0 Å². The first-order chi connectivity index (χ1) is 13.2. The van der Waals surface area contributed by atoms with Crippen LogP contribution in [0.4, 0.5) is 0 Å². The van der Waals surface area contributed by atoms with Gasteiger partial charge in [-0.05, 0) is 45.8 Å². The Bertz CT molecular complexity index is 1300. The van der Waals surface area contributed by atoms with Crippen LogP contribution in [0.15, 0.2) is 84.9 Å². The minimum absolute atomic E-state index is 0.338. The lowest BCUT2D eigenvalue weighted by Gasteiger charge is -2.36. The Morgan fingerprint density at radius 1 is 0.741 bits per heavy atom. The second kappa shape index (κ2) is 4.98. The van der Waals surface area contributed by atoms with Crippen molar-refractivity contribution in [2.45, 2.75) is 5.60 Å². The molecule has 0 aliphatic carbocycles. The summed E-state index contributed by atoms with van der Waals surface area (Å²) in [6, 6.07) is 24.3. The first-order valence-electron chi connectivity index (χ1n) is 8.90. The highest BCUT2D eigenvalue weighted by molar-refractivity contribution is 5.95. The molecule has 1 atom stereocenters. The maximum absolute atomic E-state index is 12.2. The molecule has 2 aliphatic heterocycles. The number of esters is 1. The van der Waals surface area contributed by atoms with Gasteiger partial charge in [-0.3, -0.25) is 0 Å². The predicted molar refractivity (Wildman–Crippen MR) is 104 cm³/mol. The number of hydrogen-bond acceptors (Lipinski definition) is 3. The van der Waals surface area contributed by atoms with E-state index in [9.17, 15) is 4.79 Å². The number of fused-ring (bicyclic) bond motifs is 7. The minimum Gasteiger partial charge on any atom is -0.456 e. The molecule has 0 saturated heterocycles. The molecule has 1 spiro atoms. The molecular formula is C24H14O3. The van der Waals surface area contributed by atoms with Crippen molar-refractivity contribution < 1.29 is 14.3 Å². The molecule has 4 aromatic rings. The summed E-state index contributed by atoms with van der Waals surface area (Å²) in [5.74, 6) is 1.10. The zero-order valence-electron chi connectivity index (χ0n) is 14.3. The fourth-order valence-corrected chi connectivity index (χ4v) is 4.26. The molecule has 0 fully saturated rings. The molecule has 0 amide bonds. The quantitative estimate of drug-likeness (QED) is 0.395. The second-order valence-corrected chi connectivity index (χ2v) is 6.95. The summed E-state index contributed by atoms with van der Waals surface area (Å²) in [5.41, 5.74) is 0.767. The van der Waals surface area contributed by atoms with Crippen molar-refractivity contribution in [3.05, 3.63) is 96.1 Å². The first kappa shape index (κ1) is 14.6. The molecule has 0 bridgehead atoms. The van der Waals surface area contributed by atoms with E-state index in [2.05, 4.69) is 24.3 Å². The summed E-state index contributed by atoms with van der Waals surface area (Å²) in [6.45, 7) is 0. The highest BCUT2D eigenvalue weighted by Crippen LogP contribution is 2.54. The van der Waals surface area contributed by atoms with Crippen LogP contribution in [0.3, 0.4) is 0 Å². The molecule has 0 N–H and O–H groups in total. The topological polar surface area (TPSA) is 35.5 Å². The van der Waals surface area contributed by atoms with Crippen LogP contribution in [0.5, 0.6) is 11.5 Å². The Morgan fingerprint density at radius 2 is 1.48 bits per heavy atom. The highest BCUT2D eigenvalue weighted by Gasteiger charge is 2.47. The zero-order chi connectivity index (χ0) is 18.0. The summed E-state index contributed by atoms with van der Waals surface area (Å²) in [6.07, 6.45) is 3.37. The molecule has 3 heteroatoms. The van der Waals surface area contributed by atoms with Crippen molar-refractivity contribution in [3.8, 4) is 11.5 Å². The molecule has 0 aromatic heterocycles. The van der Waals surface area contributed by atoms with E-state index in [1.54, 1.807) is 0 Å². The van der Waals surface area contributed by atoms with Gasteiger partial charge in [0.2, 0.25) is 0 Å². The average molecular weight is 350 g/mol. The normalized spacial score (nSPS) is 19.8. The Hall–Kier alpha value is -3.59. The van der Waals surface area contributed by atoms with Gasteiger partial charge >= 0.3 is 5.97 Å².